The highest BCUT2D eigenvalue weighted by Gasteiger charge is 2.20. The molecule has 0 aliphatic carbocycles. The summed E-state index contributed by atoms with van der Waals surface area (Å²) in [6.45, 7) is 0.743. The number of pyridine rings is 1. The number of amides is 1. The van der Waals surface area contributed by atoms with Crippen LogP contribution in [0.1, 0.15) is 15.9 Å². The zero-order valence-electron chi connectivity index (χ0n) is 6.89. The van der Waals surface area contributed by atoms with Gasteiger partial charge in [-0.3, -0.25) is 9.59 Å². The second kappa shape index (κ2) is 2.62. The van der Waals surface area contributed by atoms with Crippen LogP contribution in [-0.2, 0) is 6.42 Å². The quantitative estimate of drug-likeness (QED) is 0.540. The molecule has 2 heterocycles. The smallest absolute Gasteiger partial charge is 0.262 e. The molecule has 0 saturated heterocycles. The van der Waals surface area contributed by atoms with Crippen LogP contribution in [0.2, 0.25) is 0 Å². The number of aromatic nitrogens is 1. The van der Waals surface area contributed by atoms with Crippen LogP contribution in [-0.4, -0.2) is 17.4 Å². The summed E-state index contributed by atoms with van der Waals surface area (Å²) >= 11 is 0. The number of nitrogens with one attached hydrogen (secondary N) is 2. The molecule has 5 nitrogen and oxygen atoms in total. The Kier molecular flexibility index (Phi) is 1.58. The minimum absolute atomic E-state index is 0.0370. The summed E-state index contributed by atoms with van der Waals surface area (Å²) in [6, 6.07) is 0. The van der Waals surface area contributed by atoms with Gasteiger partial charge < -0.3 is 16.0 Å². The first-order chi connectivity index (χ1) is 6.20. The highest BCUT2D eigenvalue weighted by Crippen LogP contribution is 2.22. The molecule has 13 heavy (non-hydrogen) atoms. The van der Waals surface area contributed by atoms with Gasteiger partial charge in [0.2, 0.25) is 0 Å². The van der Waals surface area contributed by atoms with Gasteiger partial charge in [0.1, 0.15) is 5.56 Å². The van der Waals surface area contributed by atoms with Crippen molar-refractivity contribution in [2.75, 3.05) is 11.9 Å². The highest BCUT2D eigenvalue weighted by molar-refractivity contribution is 5.99. The minimum atomic E-state index is -0.687. The Balaban J connectivity index is 2.72. The molecule has 0 aromatic carbocycles. The van der Waals surface area contributed by atoms with Crippen LogP contribution in [0.5, 0.6) is 0 Å². The molecule has 0 bridgehead atoms. The van der Waals surface area contributed by atoms with Gasteiger partial charge in [0.05, 0.1) is 5.69 Å². The highest BCUT2D eigenvalue weighted by atomic mass is 16.2. The number of primary amides is 1. The summed E-state index contributed by atoms with van der Waals surface area (Å²) in [7, 11) is 0. The second-order valence-electron chi connectivity index (χ2n) is 2.93. The predicted octanol–water partition coefficient (Wildman–Crippen LogP) is -0.558. The fraction of sp³-hybridized carbons (Fsp3) is 0.250. The zero-order chi connectivity index (χ0) is 9.42. The lowest BCUT2D eigenvalue weighted by molar-refractivity contribution is 0.0999. The summed E-state index contributed by atoms with van der Waals surface area (Å²) in [5, 5.41) is 2.97. The average Bonchev–Trinajstić information content (AvgIpc) is 2.50. The molecule has 68 valence electrons. The van der Waals surface area contributed by atoms with Gasteiger partial charge in [0.25, 0.3) is 11.5 Å². The van der Waals surface area contributed by atoms with Gasteiger partial charge in [-0.15, -0.1) is 0 Å². The van der Waals surface area contributed by atoms with E-state index in [-0.39, 0.29) is 5.56 Å². The van der Waals surface area contributed by atoms with E-state index in [0.29, 0.717) is 5.69 Å². The van der Waals surface area contributed by atoms with E-state index in [2.05, 4.69) is 10.3 Å². The normalized spacial score (nSPS) is 13.5. The number of carbonyl (C=O) groups excluding carboxylic acids is 1. The van der Waals surface area contributed by atoms with Crippen LogP contribution in [0.15, 0.2) is 11.0 Å². The molecule has 2 rings (SSSR count). The molecule has 0 saturated carbocycles. The molecule has 1 aromatic rings. The number of rotatable bonds is 1. The Labute approximate surface area is 74.0 Å². The molecule has 1 aliphatic rings. The predicted molar refractivity (Wildman–Crippen MR) is 47.8 cm³/mol. The summed E-state index contributed by atoms with van der Waals surface area (Å²) in [4.78, 5) is 24.7. The van der Waals surface area contributed by atoms with Crippen molar-refractivity contribution in [2.45, 2.75) is 6.42 Å². The molecule has 0 spiro atoms. The first-order valence-corrected chi connectivity index (χ1v) is 3.98. The van der Waals surface area contributed by atoms with Crippen LogP contribution >= 0.6 is 0 Å². The van der Waals surface area contributed by atoms with E-state index in [1.807, 2.05) is 0 Å². The number of hydrogen-bond acceptors (Lipinski definition) is 3. The molecule has 4 N–H and O–H groups in total. The van der Waals surface area contributed by atoms with Gasteiger partial charge in [-0.2, -0.15) is 0 Å². The maximum absolute atomic E-state index is 11.2. The van der Waals surface area contributed by atoms with E-state index in [4.69, 9.17) is 5.73 Å². The average molecular weight is 179 g/mol. The molecule has 1 aliphatic heterocycles. The van der Waals surface area contributed by atoms with Crippen molar-refractivity contribution in [1.29, 1.82) is 0 Å². The van der Waals surface area contributed by atoms with E-state index in [1.165, 1.54) is 0 Å². The largest absolute Gasteiger partial charge is 0.384 e. The first-order valence-electron chi connectivity index (χ1n) is 3.98. The zero-order valence-corrected chi connectivity index (χ0v) is 6.89. The number of nitrogens with two attached hydrogens (primary N) is 1. The Morgan fingerprint density at radius 3 is 3.00 bits per heavy atom. The number of hydrogen-bond donors (Lipinski definition) is 3. The van der Waals surface area contributed by atoms with Gasteiger partial charge in [-0.05, 0) is 12.0 Å². The third-order valence-electron chi connectivity index (χ3n) is 2.12. The third-order valence-corrected chi connectivity index (χ3v) is 2.12. The second-order valence-corrected chi connectivity index (χ2v) is 2.93. The Bertz CT molecular complexity index is 422. The van der Waals surface area contributed by atoms with Gasteiger partial charge in [0, 0.05) is 12.7 Å². The lowest BCUT2D eigenvalue weighted by atomic mass is 10.1. The SMILES string of the molecule is NC(=O)c1c2c(c[nH]c1=O)CCN2. The third kappa shape index (κ3) is 1.09. The van der Waals surface area contributed by atoms with Crippen molar-refractivity contribution in [1.82, 2.24) is 4.98 Å². The van der Waals surface area contributed by atoms with E-state index >= 15 is 0 Å². The van der Waals surface area contributed by atoms with Crippen LogP contribution in [0.3, 0.4) is 0 Å². The number of fused-ring (bicyclic) bond motifs is 1. The monoisotopic (exact) mass is 179 g/mol. The molecule has 1 amide bonds. The van der Waals surface area contributed by atoms with Crippen molar-refractivity contribution in [3.63, 3.8) is 0 Å². The van der Waals surface area contributed by atoms with Crippen molar-refractivity contribution < 1.29 is 4.79 Å². The lowest BCUT2D eigenvalue weighted by Gasteiger charge is -2.02. The Morgan fingerprint density at radius 1 is 1.54 bits per heavy atom. The van der Waals surface area contributed by atoms with Crippen molar-refractivity contribution in [3.8, 4) is 0 Å². The standard InChI is InChI=1S/C8H9N3O2/c9-7(12)5-6-4(1-2-10-6)3-11-8(5)13/h3,10H,1-2H2,(H2,9,12)(H,11,13). The number of H-pyrrole nitrogens is 1. The van der Waals surface area contributed by atoms with Crippen LogP contribution in [0, 0.1) is 0 Å². The van der Waals surface area contributed by atoms with E-state index in [1.54, 1.807) is 6.20 Å². The Morgan fingerprint density at radius 2 is 2.31 bits per heavy atom. The van der Waals surface area contributed by atoms with Crippen LogP contribution in [0.25, 0.3) is 0 Å². The molecular formula is C8H9N3O2. The van der Waals surface area contributed by atoms with E-state index < -0.39 is 11.5 Å². The van der Waals surface area contributed by atoms with Crippen molar-refractivity contribution in [3.05, 3.63) is 27.7 Å². The molecule has 1 aromatic heterocycles. The van der Waals surface area contributed by atoms with Crippen LogP contribution < -0.4 is 16.6 Å². The summed E-state index contributed by atoms with van der Waals surface area (Å²) in [6.07, 6.45) is 2.43. The van der Waals surface area contributed by atoms with E-state index in [0.717, 1.165) is 18.5 Å². The minimum Gasteiger partial charge on any atom is -0.384 e. The molecule has 5 heteroatoms. The fourth-order valence-corrected chi connectivity index (χ4v) is 1.53. The van der Waals surface area contributed by atoms with Crippen molar-refractivity contribution in [2.24, 2.45) is 5.73 Å². The molecule has 0 radical (unpaired) electrons. The van der Waals surface area contributed by atoms with Crippen LogP contribution in [0.4, 0.5) is 5.69 Å². The maximum Gasteiger partial charge on any atom is 0.262 e. The van der Waals surface area contributed by atoms with Gasteiger partial charge >= 0.3 is 0 Å². The summed E-state index contributed by atoms with van der Waals surface area (Å²) < 4.78 is 0. The summed E-state index contributed by atoms with van der Waals surface area (Å²) in [5.74, 6) is -0.687. The lowest BCUT2D eigenvalue weighted by Crippen LogP contribution is -2.24. The maximum atomic E-state index is 11.2. The molecular weight excluding hydrogens is 170 g/mol. The molecule has 0 atom stereocenters. The fourth-order valence-electron chi connectivity index (χ4n) is 1.53. The summed E-state index contributed by atoms with van der Waals surface area (Å²) in [5.41, 5.74) is 6.23. The molecule has 0 fully saturated rings. The van der Waals surface area contributed by atoms with Crippen molar-refractivity contribution >= 4 is 11.6 Å². The van der Waals surface area contributed by atoms with Gasteiger partial charge in [-0.25, -0.2) is 0 Å². The topological polar surface area (TPSA) is 88.0 Å². The molecule has 0 unspecified atom stereocenters. The van der Waals surface area contributed by atoms with Gasteiger partial charge in [0.15, 0.2) is 0 Å². The van der Waals surface area contributed by atoms with Gasteiger partial charge in [-0.1, -0.05) is 0 Å². The Hall–Kier alpha value is -1.78. The number of anilines is 1. The first kappa shape index (κ1) is 7.85. The number of carbonyl (C=O) groups is 1. The number of aromatic amines is 1. The van der Waals surface area contributed by atoms with E-state index in [9.17, 15) is 9.59 Å².